The standard InChI is InChI=1S/C21H25ClN6OS2/c1-5-8-13(2)14(3)28(4)31-18-10-7-6-9-17(18)25-21(30)27-26-20-16(22)11-15(12-24-20)19(23)29/h5-12H,1-4H3,(H2,23,29)(H,24,26)(H2,25,27,30)/b8-5-,14-13+. The molecule has 1 heterocycles. The van der Waals surface area contributed by atoms with Crippen LogP contribution in [-0.2, 0) is 0 Å². The molecule has 0 unspecified atom stereocenters. The summed E-state index contributed by atoms with van der Waals surface area (Å²) in [6, 6.07) is 9.29. The largest absolute Gasteiger partial charge is 0.366 e. The number of primary amides is 1. The molecule has 0 atom stereocenters. The number of amides is 1. The Labute approximate surface area is 197 Å². The second kappa shape index (κ2) is 11.6. The summed E-state index contributed by atoms with van der Waals surface area (Å²) in [5.41, 5.74) is 14.3. The van der Waals surface area contributed by atoms with E-state index in [0.717, 1.165) is 16.3 Å². The Morgan fingerprint density at radius 3 is 2.68 bits per heavy atom. The maximum Gasteiger partial charge on any atom is 0.250 e. The third kappa shape index (κ3) is 7.16. The summed E-state index contributed by atoms with van der Waals surface area (Å²) < 4.78 is 2.11. The number of aromatic nitrogens is 1. The van der Waals surface area contributed by atoms with Crippen molar-refractivity contribution >= 4 is 58.3 Å². The third-order valence-corrected chi connectivity index (χ3v) is 5.84. The van der Waals surface area contributed by atoms with Gasteiger partial charge in [-0.1, -0.05) is 35.9 Å². The van der Waals surface area contributed by atoms with Gasteiger partial charge < -0.3 is 15.4 Å². The summed E-state index contributed by atoms with van der Waals surface area (Å²) >= 11 is 13.1. The summed E-state index contributed by atoms with van der Waals surface area (Å²) in [6.45, 7) is 6.16. The van der Waals surface area contributed by atoms with Crippen molar-refractivity contribution in [1.82, 2.24) is 14.7 Å². The molecule has 10 heteroatoms. The van der Waals surface area contributed by atoms with Gasteiger partial charge in [-0.15, -0.1) is 0 Å². The van der Waals surface area contributed by atoms with E-state index in [1.807, 2.05) is 44.3 Å². The van der Waals surface area contributed by atoms with Crippen LogP contribution in [0.4, 0.5) is 11.5 Å². The molecule has 0 aliphatic rings. The van der Waals surface area contributed by atoms with E-state index in [0.29, 0.717) is 10.9 Å². The Hall–Kier alpha value is -2.75. The van der Waals surface area contributed by atoms with E-state index in [4.69, 9.17) is 29.6 Å². The van der Waals surface area contributed by atoms with Crippen molar-refractivity contribution in [1.29, 1.82) is 0 Å². The van der Waals surface area contributed by atoms with Crippen LogP contribution in [0.25, 0.3) is 0 Å². The Balaban J connectivity index is 2.04. The van der Waals surface area contributed by atoms with E-state index in [1.165, 1.54) is 17.8 Å². The van der Waals surface area contributed by atoms with Crippen LogP contribution in [0.1, 0.15) is 31.1 Å². The zero-order valence-corrected chi connectivity index (χ0v) is 20.1. The minimum absolute atomic E-state index is 0.223. The molecule has 5 N–H and O–H groups in total. The van der Waals surface area contributed by atoms with Crippen molar-refractivity contribution in [2.45, 2.75) is 25.7 Å². The molecule has 0 radical (unpaired) electrons. The summed E-state index contributed by atoms with van der Waals surface area (Å²) in [6.07, 6.45) is 5.44. The lowest BCUT2D eigenvalue weighted by atomic mass is 10.2. The van der Waals surface area contributed by atoms with Gasteiger partial charge in [0.15, 0.2) is 10.9 Å². The Morgan fingerprint density at radius 2 is 2.03 bits per heavy atom. The van der Waals surface area contributed by atoms with Crippen LogP contribution < -0.4 is 21.9 Å². The molecular formula is C21H25ClN6OS2. The summed E-state index contributed by atoms with van der Waals surface area (Å²) in [5.74, 6) is -0.283. The van der Waals surface area contributed by atoms with Gasteiger partial charge in [0.1, 0.15) is 0 Å². The number of hydrogen-bond acceptors (Lipinski definition) is 6. The molecule has 164 valence electrons. The SMILES string of the molecule is C/C=C\C(C)=C(/C)N(C)Sc1ccccc1NC(=S)NNc1ncc(C(N)=O)cc1Cl. The van der Waals surface area contributed by atoms with Crippen molar-refractivity contribution < 1.29 is 4.79 Å². The lowest BCUT2D eigenvalue weighted by Gasteiger charge is -2.22. The van der Waals surface area contributed by atoms with E-state index in [9.17, 15) is 4.79 Å². The quantitative estimate of drug-likeness (QED) is 0.184. The highest BCUT2D eigenvalue weighted by Gasteiger charge is 2.11. The highest BCUT2D eigenvalue weighted by molar-refractivity contribution is 7.97. The number of carbonyl (C=O) groups excluding carboxylic acids is 1. The Kier molecular flexibility index (Phi) is 9.17. The number of allylic oxidation sites excluding steroid dienone is 4. The molecule has 1 amide bonds. The van der Waals surface area contributed by atoms with Crippen molar-refractivity contribution in [3.8, 4) is 0 Å². The van der Waals surface area contributed by atoms with Crippen molar-refractivity contribution in [2.75, 3.05) is 17.8 Å². The van der Waals surface area contributed by atoms with E-state index >= 15 is 0 Å². The Morgan fingerprint density at radius 1 is 1.32 bits per heavy atom. The number of thiocarbonyl (C=S) groups is 1. The number of hydrazine groups is 1. The molecule has 0 fully saturated rings. The molecule has 2 aromatic rings. The van der Waals surface area contributed by atoms with Crippen LogP contribution in [0.2, 0.25) is 5.02 Å². The average Bonchev–Trinajstić information content (AvgIpc) is 2.73. The maximum atomic E-state index is 11.2. The first-order chi connectivity index (χ1) is 14.7. The van der Waals surface area contributed by atoms with E-state index in [2.05, 4.69) is 45.4 Å². The second-order valence-electron chi connectivity index (χ2n) is 6.48. The van der Waals surface area contributed by atoms with Crippen LogP contribution in [0.15, 0.2) is 64.8 Å². The van der Waals surface area contributed by atoms with Crippen LogP contribution in [0.5, 0.6) is 0 Å². The van der Waals surface area contributed by atoms with E-state index in [1.54, 1.807) is 11.9 Å². The second-order valence-corrected chi connectivity index (χ2v) is 8.46. The topological polar surface area (TPSA) is 95.3 Å². The van der Waals surface area contributed by atoms with Crippen LogP contribution in [0.3, 0.4) is 0 Å². The van der Waals surface area contributed by atoms with Gasteiger partial charge in [0, 0.05) is 18.9 Å². The van der Waals surface area contributed by atoms with Gasteiger partial charge in [-0.05, 0) is 68.7 Å². The van der Waals surface area contributed by atoms with Crippen LogP contribution in [0, 0.1) is 0 Å². The molecule has 0 aliphatic heterocycles. The number of nitrogens with two attached hydrogens (primary N) is 1. The molecule has 1 aromatic carbocycles. The molecule has 0 spiro atoms. The normalized spacial score (nSPS) is 11.6. The number of rotatable bonds is 8. The zero-order chi connectivity index (χ0) is 23.0. The lowest BCUT2D eigenvalue weighted by molar-refractivity contribution is 0.1000. The number of nitrogens with one attached hydrogen (secondary N) is 3. The first-order valence-corrected chi connectivity index (χ1v) is 10.9. The van der Waals surface area contributed by atoms with Gasteiger partial charge in [-0.25, -0.2) is 4.98 Å². The van der Waals surface area contributed by atoms with Gasteiger partial charge in [0.25, 0.3) is 0 Å². The predicted molar refractivity (Wildman–Crippen MR) is 134 cm³/mol. The molecule has 1 aromatic heterocycles. The average molecular weight is 477 g/mol. The minimum Gasteiger partial charge on any atom is -0.366 e. The zero-order valence-electron chi connectivity index (χ0n) is 17.7. The minimum atomic E-state index is -0.601. The van der Waals surface area contributed by atoms with Gasteiger partial charge in [0.05, 0.1) is 21.2 Å². The predicted octanol–water partition coefficient (Wildman–Crippen LogP) is 4.96. The molecule has 0 bridgehead atoms. The summed E-state index contributed by atoms with van der Waals surface area (Å²) in [4.78, 5) is 16.3. The molecule has 0 saturated carbocycles. The first kappa shape index (κ1) is 24.5. The smallest absolute Gasteiger partial charge is 0.250 e. The molecule has 0 aliphatic carbocycles. The van der Waals surface area contributed by atoms with Gasteiger partial charge >= 0.3 is 0 Å². The van der Waals surface area contributed by atoms with Gasteiger partial charge in [0.2, 0.25) is 5.91 Å². The van der Waals surface area contributed by atoms with E-state index < -0.39 is 5.91 Å². The number of carbonyl (C=O) groups is 1. The molecule has 7 nitrogen and oxygen atoms in total. The summed E-state index contributed by atoms with van der Waals surface area (Å²) in [5, 5.41) is 3.73. The number of para-hydroxylation sites is 1. The fourth-order valence-electron chi connectivity index (χ4n) is 2.42. The Bertz CT molecular complexity index is 1020. The highest BCUT2D eigenvalue weighted by Crippen LogP contribution is 2.32. The highest BCUT2D eigenvalue weighted by atomic mass is 35.5. The monoisotopic (exact) mass is 476 g/mol. The molecule has 2 rings (SSSR count). The fraction of sp³-hybridized carbons (Fsp3) is 0.190. The lowest BCUT2D eigenvalue weighted by Crippen LogP contribution is -2.34. The summed E-state index contributed by atoms with van der Waals surface area (Å²) in [7, 11) is 2.02. The number of nitrogens with zero attached hydrogens (tertiary/aromatic N) is 2. The number of anilines is 2. The number of halogens is 1. The van der Waals surface area contributed by atoms with Crippen molar-refractivity contribution in [3.05, 3.63) is 70.5 Å². The molecule has 31 heavy (non-hydrogen) atoms. The van der Waals surface area contributed by atoms with Gasteiger partial charge in [-0.2, -0.15) is 0 Å². The number of hydrogen-bond donors (Lipinski definition) is 4. The van der Waals surface area contributed by atoms with Crippen LogP contribution >= 0.6 is 35.8 Å². The molecular weight excluding hydrogens is 452 g/mol. The number of benzene rings is 1. The first-order valence-electron chi connectivity index (χ1n) is 9.32. The van der Waals surface area contributed by atoms with Crippen molar-refractivity contribution in [2.24, 2.45) is 5.73 Å². The van der Waals surface area contributed by atoms with Crippen molar-refractivity contribution in [3.63, 3.8) is 0 Å². The van der Waals surface area contributed by atoms with Crippen LogP contribution in [-0.4, -0.2) is 27.4 Å². The number of pyridine rings is 1. The maximum absolute atomic E-state index is 11.2. The third-order valence-electron chi connectivity index (χ3n) is 4.25. The molecule has 0 saturated heterocycles. The van der Waals surface area contributed by atoms with E-state index in [-0.39, 0.29) is 10.6 Å². The fourth-order valence-corrected chi connectivity index (χ4v) is 3.73. The van der Waals surface area contributed by atoms with Gasteiger partial charge in [-0.3, -0.25) is 15.6 Å².